The molecule has 0 radical (unpaired) electrons. The number of carbonyl (C=O) groups is 1. The minimum Gasteiger partial charge on any atom is -0.448 e. The molecular weight excluding hydrogens is 420 g/mol. The molecule has 0 spiro atoms. The summed E-state index contributed by atoms with van der Waals surface area (Å²) >= 11 is 0. The number of amides is 1. The summed E-state index contributed by atoms with van der Waals surface area (Å²) in [4.78, 5) is 28.6. The summed E-state index contributed by atoms with van der Waals surface area (Å²) in [6, 6.07) is 6.06. The van der Waals surface area contributed by atoms with E-state index < -0.39 is 0 Å². The second-order valence-electron chi connectivity index (χ2n) is 8.67. The second-order valence-corrected chi connectivity index (χ2v) is 8.67. The fraction of sp³-hybridized carbons (Fsp3) is 0.391. The monoisotopic (exact) mass is 446 g/mol. The Hall–Kier alpha value is -3.66. The van der Waals surface area contributed by atoms with E-state index in [0.29, 0.717) is 34.7 Å². The van der Waals surface area contributed by atoms with Crippen LogP contribution >= 0.6 is 0 Å². The average molecular weight is 447 g/mol. The highest BCUT2D eigenvalue weighted by molar-refractivity contribution is 6.02. The van der Waals surface area contributed by atoms with Crippen LogP contribution in [-0.2, 0) is 7.05 Å². The molecule has 1 saturated heterocycles. The number of hydrogen-bond donors (Lipinski definition) is 1. The Morgan fingerprint density at radius 3 is 2.73 bits per heavy atom. The SMILES string of the molecule is CC(C)N1CCC(c2nc(C(=O)Nc3cc4nc(-c5cn(C)nn5)ccc4cn3)co2)CC1. The average Bonchev–Trinajstić information content (AvgIpc) is 3.48. The maximum absolute atomic E-state index is 12.8. The quantitative estimate of drug-likeness (QED) is 0.497. The van der Waals surface area contributed by atoms with E-state index in [-0.39, 0.29) is 17.5 Å². The van der Waals surface area contributed by atoms with E-state index in [9.17, 15) is 4.79 Å². The van der Waals surface area contributed by atoms with Gasteiger partial charge in [0, 0.05) is 36.7 Å². The van der Waals surface area contributed by atoms with E-state index in [1.165, 1.54) is 6.26 Å². The molecule has 5 rings (SSSR count). The van der Waals surface area contributed by atoms with Gasteiger partial charge in [-0.1, -0.05) is 5.21 Å². The summed E-state index contributed by atoms with van der Waals surface area (Å²) in [5.74, 6) is 0.905. The van der Waals surface area contributed by atoms with Gasteiger partial charge in [-0.15, -0.1) is 5.10 Å². The van der Waals surface area contributed by atoms with Crippen molar-refractivity contribution in [3.05, 3.63) is 48.4 Å². The number of anilines is 1. The summed E-state index contributed by atoms with van der Waals surface area (Å²) in [6.07, 6.45) is 6.85. The summed E-state index contributed by atoms with van der Waals surface area (Å²) in [6.45, 7) is 6.44. The van der Waals surface area contributed by atoms with Gasteiger partial charge in [-0.2, -0.15) is 0 Å². The third-order valence-corrected chi connectivity index (χ3v) is 6.04. The van der Waals surface area contributed by atoms with E-state index in [2.05, 4.69) is 49.3 Å². The number of aryl methyl sites for hydroxylation is 1. The van der Waals surface area contributed by atoms with Gasteiger partial charge in [0.15, 0.2) is 11.6 Å². The number of piperidine rings is 1. The number of pyridine rings is 2. The Bertz CT molecular complexity index is 1290. The van der Waals surface area contributed by atoms with Gasteiger partial charge in [0.05, 0.1) is 17.4 Å². The number of nitrogens with zero attached hydrogens (tertiary/aromatic N) is 7. The fourth-order valence-electron chi connectivity index (χ4n) is 4.11. The van der Waals surface area contributed by atoms with Crippen LogP contribution in [0.4, 0.5) is 5.82 Å². The molecule has 0 atom stereocenters. The lowest BCUT2D eigenvalue weighted by atomic mass is 9.96. The fourth-order valence-corrected chi connectivity index (χ4v) is 4.11. The smallest absolute Gasteiger partial charge is 0.278 e. The van der Waals surface area contributed by atoms with Crippen molar-refractivity contribution >= 4 is 22.6 Å². The molecule has 0 saturated carbocycles. The lowest BCUT2D eigenvalue weighted by Crippen LogP contribution is -2.37. The van der Waals surface area contributed by atoms with Crippen LogP contribution in [0.3, 0.4) is 0 Å². The van der Waals surface area contributed by atoms with Crippen LogP contribution in [-0.4, -0.2) is 59.9 Å². The Morgan fingerprint density at radius 1 is 1.18 bits per heavy atom. The molecule has 1 fully saturated rings. The first-order chi connectivity index (χ1) is 16.0. The molecule has 1 aliphatic rings. The Kier molecular flexibility index (Phi) is 5.59. The lowest BCUT2D eigenvalue weighted by molar-refractivity contribution is 0.102. The minimum absolute atomic E-state index is 0.240. The van der Waals surface area contributed by atoms with Gasteiger partial charge in [-0.3, -0.25) is 9.48 Å². The Morgan fingerprint density at radius 2 is 2.00 bits per heavy atom. The molecule has 10 heteroatoms. The molecule has 0 aromatic carbocycles. The molecule has 4 aromatic rings. The third kappa shape index (κ3) is 4.47. The van der Waals surface area contributed by atoms with Gasteiger partial charge in [-0.05, 0) is 51.9 Å². The highest BCUT2D eigenvalue weighted by atomic mass is 16.3. The number of rotatable bonds is 5. The number of carbonyl (C=O) groups excluding carboxylic acids is 1. The summed E-state index contributed by atoms with van der Waals surface area (Å²) in [7, 11) is 1.80. The second kappa shape index (κ2) is 8.70. The Balaban J connectivity index is 1.29. The topological polar surface area (TPSA) is 115 Å². The van der Waals surface area contributed by atoms with Crippen molar-refractivity contribution in [3.63, 3.8) is 0 Å². The van der Waals surface area contributed by atoms with Gasteiger partial charge in [-0.25, -0.2) is 15.0 Å². The molecule has 5 heterocycles. The molecule has 33 heavy (non-hydrogen) atoms. The zero-order chi connectivity index (χ0) is 22.9. The zero-order valence-corrected chi connectivity index (χ0v) is 18.9. The molecule has 10 nitrogen and oxygen atoms in total. The van der Waals surface area contributed by atoms with Crippen molar-refractivity contribution in [1.82, 2.24) is 34.8 Å². The normalized spacial score (nSPS) is 15.4. The van der Waals surface area contributed by atoms with E-state index in [0.717, 1.165) is 31.3 Å². The molecular formula is C23H26N8O2. The molecule has 1 N–H and O–H groups in total. The predicted molar refractivity (Wildman–Crippen MR) is 123 cm³/mol. The molecule has 0 aliphatic carbocycles. The van der Waals surface area contributed by atoms with Crippen LogP contribution in [0.25, 0.3) is 22.3 Å². The van der Waals surface area contributed by atoms with Crippen LogP contribution in [0.1, 0.15) is 49.0 Å². The summed E-state index contributed by atoms with van der Waals surface area (Å²) in [5.41, 5.74) is 2.32. The maximum atomic E-state index is 12.8. The number of nitrogens with one attached hydrogen (secondary N) is 1. The number of likely N-dealkylation sites (tertiary alicyclic amines) is 1. The van der Waals surface area contributed by atoms with E-state index in [4.69, 9.17) is 4.42 Å². The van der Waals surface area contributed by atoms with Crippen LogP contribution in [0, 0.1) is 0 Å². The molecule has 4 aromatic heterocycles. The van der Waals surface area contributed by atoms with Crippen LogP contribution < -0.4 is 5.32 Å². The maximum Gasteiger partial charge on any atom is 0.278 e. The lowest BCUT2D eigenvalue weighted by Gasteiger charge is -2.33. The first kappa shape index (κ1) is 21.2. The first-order valence-corrected chi connectivity index (χ1v) is 11.1. The standard InChI is InChI=1S/C23H26N8O2/c1-14(2)31-8-6-15(7-9-31)23-26-20(13-33-23)22(32)27-21-10-18-16(11-24-21)4-5-17(25-18)19-12-30(3)29-28-19/h4-5,10-15H,6-9H2,1-3H3,(H,24,27,32). The molecule has 170 valence electrons. The van der Waals surface area contributed by atoms with Crippen molar-refractivity contribution in [1.29, 1.82) is 0 Å². The van der Waals surface area contributed by atoms with Crippen LogP contribution in [0.5, 0.6) is 0 Å². The van der Waals surface area contributed by atoms with Crippen LogP contribution in [0.15, 0.2) is 41.3 Å². The number of fused-ring (bicyclic) bond motifs is 1. The van der Waals surface area contributed by atoms with E-state index >= 15 is 0 Å². The number of hydrogen-bond acceptors (Lipinski definition) is 8. The van der Waals surface area contributed by atoms with Gasteiger partial charge in [0.1, 0.15) is 17.8 Å². The highest BCUT2D eigenvalue weighted by Gasteiger charge is 2.26. The van der Waals surface area contributed by atoms with Crippen molar-refractivity contribution in [2.24, 2.45) is 7.05 Å². The Labute approximate surface area is 191 Å². The third-order valence-electron chi connectivity index (χ3n) is 6.04. The van der Waals surface area contributed by atoms with E-state index in [1.54, 1.807) is 30.2 Å². The summed E-state index contributed by atoms with van der Waals surface area (Å²) < 4.78 is 7.28. The molecule has 0 unspecified atom stereocenters. The highest BCUT2D eigenvalue weighted by Crippen LogP contribution is 2.28. The van der Waals surface area contributed by atoms with Gasteiger partial charge < -0.3 is 14.6 Å². The number of aromatic nitrogens is 6. The summed E-state index contributed by atoms with van der Waals surface area (Å²) in [5, 5.41) is 11.7. The van der Waals surface area contributed by atoms with Gasteiger partial charge in [0.25, 0.3) is 5.91 Å². The minimum atomic E-state index is -0.360. The first-order valence-electron chi connectivity index (χ1n) is 11.1. The van der Waals surface area contributed by atoms with Crippen molar-refractivity contribution in [2.45, 2.75) is 38.6 Å². The van der Waals surface area contributed by atoms with Crippen molar-refractivity contribution in [2.75, 3.05) is 18.4 Å². The van der Waals surface area contributed by atoms with Crippen molar-refractivity contribution < 1.29 is 9.21 Å². The molecule has 1 aliphatic heterocycles. The predicted octanol–water partition coefficient (Wildman–Crippen LogP) is 3.25. The van der Waals surface area contributed by atoms with Crippen molar-refractivity contribution in [3.8, 4) is 11.4 Å². The van der Waals surface area contributed by atoms with Gasteiger partial charge >= 0.3 is 0 Å². The molecule has 1 amide bonds. The van der Waals surface area contributed by atoms with Gasteiger partial charge in [0.2, 0.25) is 0 Å². The largest absolute Gasteiger partial charge is 0.448 e. The van der Waals surface area contributed by atoms with Crippen LogP contribution in [0.2, 0.25) is 0 Å². The zero-order valence-electron chi connectivity index (χ0n) is 18.9. The number of oxazole rings is 1. The van der Waals surface area contributed by atoms with E-state index in [1.807, 2.05) is 12.1 Å². The molecule has 0 bridgehead atoms.